The Bertz CT molecular complexity index is 569. The minimum Gasteiger partial charge on any atom is -0.339 e. The maximum atomic E-state index is 12.8. The number of tetrazole rings is 1. The number of carbonyl (C=O) groups excluding carboxylic acids is 1. The molecular weight excluding hydrogens is 322 g/mol. The molecule has 1 amide bonds. The Kier molecular flexibility index (Phi) is 5.06. The van der Waals surface area contributed by atoms with Crippen LogP contribution < -0.4 is 0 Å². The molecule has 2 saturated carbocycles. The molecule has 1 saturated heterocycles. The third-order valence-corrected chi connectivity index (χ3v) is 6.94. The Morgan fingerprint density at radius 2 is 1.79 bits per heavy atom. The Labute approximate surface area is 147 Å². The van der Waals surface area contributed by atoms with E-state index in [4.69, 9.17) is 0 Å². The molecule has 0 radical (unpaired) electrons. The fourth-order valence-electron chi connectivity index (χ4n) is 4.80. The van der Waals surface area contributed by atoms with Gasteiger partial charge in [-0.15, -0.1) is 5.10 Å². The average molecular weight is 350 g/mol. The normalized spacial score (nSPS) is 28.1. The van der Waals surface area contributed by atoms with Crippen LogP contribution in [0.5, 0.6) is 0 Å². The summed E-state index contributed by atoms with van der Waals surface area (Å²) in [7, 11) is 0. The SMILES string of the molecule is O=C(CSc1nnnn1C1CCCC1)N1CCC[C@@H]2CCCC[C@@H]21. The second kappa shape index (κ2) is 7.42. The predicted octanol–water partition coefficient (Wildman–Crippen LogP) is 3.06. The van der Waals surface area contributed by atoms with Gasteiger partial charge in [0.2, 0.25) is 11.1 Å². The van der Waals surface area contributed by atoms with Crippen molar-refractivity contribution in [3.05, 3.63) is 0 Å². The topological polar surface area (TPSA) is 63.9 Å². The number of piperidine rings is 1. The standard InChI is InChI=1S/C17H27N5OS/c23-16(21-11-5-7-13-6-1-4-10-15(13)21)12-24-17-18-19-20-22(17)14-8-2-3-9-14/h13-15H,1-12H2/t13-,15-/m0/s1. The van der Waals surface area contributed by atoms with Crippen LogP contribution in [0.1, 0.15) is 70.3 Å². The zero-order valence-corrected chi connectivity index (χ0v) is 15.1. The summed E-state index contributed by atoms with van der Waals surface area (Å²) >= 11 is 1.52. The lowest BCUT2D eigenvalue weighted by Crippen LogP contribution is -2.50. The first-order chi connectivity index (χ1) is 11.8. The van der Waals surface area contributed by atoms with E-state index in [1.54, 1.807) is 0 Å². The summed E-state index contributed by atoms with van der Waals surface area (Å²) in [4.78, 5) is 15.0. The van der Waals surface area contributed by atoms with Crippen LogP contribution in [0.2, 0.25) is 0 Å². The Morgan fingerprint density at radius 1 is 1.04 bits per heavy atom. The number of amides is 1. The molecule has 3 fully saturated rings. The molecule has 6 nitrogen and oxygen atoms in total. The van der Waals surface area contributed by atoms with Crippen molar-refractivity contribution in [1.29, 1.82) is 0 Å². The van der Waals surface area contributed by atoms with E-state index in [0.29, 0.717) is 17.8 Å². The highest BCUT2D eigenvalue weighted by Crippen LogP contribution is 2.36. The number of hydrogen-bond acceptors (Lipinski definition) is 5. The highest BCUT2D eigenvalue weighted by atomic mass is 32.2. The van der Waals surface area contributed by atoms with Crippen LogP contribution in [0, 0.1) is 5.92 Å². The van der Waals surface area contributed by atoms with Crippen LogP contribution in [0.4, 0.5) is 0 Å². The van der Waals surface area contributed by atoms with Crippen LogP contribution >= 0.6 is 11.8 Å². The third-order valence-electron chi connectivity index (χ3n) is 6.02. The Morgan fingerprint density at radius 3 is 2.67 bits per heavy atom. The van der Waals surface area contributed by atoms with Gasteiger partial charge in [-0.05, 0) is 54.9 Å². The second-order valence-corrected chi connectivity index (χ2v) is 8.42. The van der Waals surface area contributed by atoms with Crippen molar-refractivity contribution in [2.24, 2.45) is 5.92 Å². The Balaban J connectivity index is 1.37. The monoisotopic (exact) mass is 349 g/mol. The molecule has 0 bridgehead atoms. The summed E-state index contributed by atoms with van der Waals surface area (Å²) in [6.07, 6.45) is 12.4. The second-order valence-electron chi connectivity index (χ2n) is 7.47. The summed E-state index contributed by atoms with van der Waals surface area (Å²) in [5.74, 6) is 1.49. The van der Waals surface area contributed by atoms with Gasteiger partial charge < -0.3 is 4.90 Å². The van der Waals surface area contributed by atoms with E-state index in [1.807, 2.05) is 4.68 Å². The first-order valence-electron chi connectivity index (χ1n) is 9.53. The molecule has 1 aromatic rings. The zero-order valence-electron chi connectivity index (χ0n) is 14.3. The lowest BCUT2D eigenvalue weighted by Gasteiger charge is -2.44. The maximum absolute atomic E-state index is 12.8. The molecule has 0 unspecified atom stereocenters. The van der Waals surface area contributed by atoms with Gasteiger partial charge in [-0.1, -0.05) is 37.4 Å². The molecule has 2 heterocycles. The molecule has 0 N–H and O–H groups in total. The molecule has 7 heteroatoms. The summed E-state index contributed by atoms with van der Waals surface area (Å²) in [5.41, 5.74) is 0. The van der Waals surface area contributed by atoms with Gasteiger partial charge >= 0.3 is 0 Å². The minimum atomic E-state index is 0.276. The molecule has 0 aromatic carbocycles. The smallest absolute Gasteiger partial charge is 0.233 e. The van der Waals surface area contributed by atoms with E-state index >= 15 is 0 Å². The summed E-state index contributed by atoms with van der Waals surface area (Å²) in [6.45, 7) is 0.939. The zero-order chi connectivity index (χ0) is 16.4. The summed E-state index contributed by atoms with van der Waals surface area (Å²) in [6, 6.07) is 0.918. The number of rotatable bonds is 4. The van der Waals surface area contributed by atoms with Crippen LogP contribution in [-0.4, -0.2) is 49.4 Å². The summed E-state index contributed by atoms with van der Waals surface area (Å²) < 4.78 is 1.95. The number of nitrogens with zero attached hydrogens (tertiary/aromatic N) is 5. The molecule has 3 aliphatic rings. The van der Waals surface area contributed by atoms with E-state index in [9.17, 15) is 4.79 Å². The Hall–Kier alpha value is -1.11. The van der Waals surface area contributed by atoms with Gasteiger partial charge in [0.25, 0.3) is 0 Å². The van der Waals surface area contributed by atoms with E-state index < -0.39 is 0 Å². The largest absolute Gasteiger partial charge is 0.339 e. The van der Waals surface area contributed by atoms with Crippen molar-refractivity contribution in [2.45, 2.75) is 81.4 Å². The number of hydrogen-bond donors (Lipinski definition) is 0. The van der Waals surface area contributed by atoms with Gasteiger partial charge in [-0.2, -0.15) is 0 Å². The van der Waals surface area contributed by atoms with Gasteiger partial charge in [0.05, 0.1) is 11.8 Å². The van der Waals surface area contributed by atoms with Gasteiger partial charge in [-0.3, -0.25) is 4.79 Å². The molecule has 1 aromatic heterocycles. The number of thioether (sulfide) groups is 1. The molecule has 4 rings (SSSR count). The number of aromatic nitrogens is 4. The maximum Gasteiger partial charge on any atom is 0.233 e. The van der Waals surface area contributed by atoms with Crippen molar-refractivity contribution >= 4 is 17.7 Å². The molecular formula is C17H27N5OS. The van der Waals surface area contributed by atoms with Gasteiger partial charge in [0.1, 0.15) is 0 Å². The van der Waals surface area contributed by atoms with Crippen LogP contribution in [-0.2, 0) is 4.79 Å². The first kappa shape index (κ1) is 16.4. The highest BCUT2D eigenvalue weighted by molar-refractivity contribution is 7.99. The van der Waals surface area contributed by atoms with E-state index in [-0.39, 0.29) is 5.91 Å². The quantitative estimate of drug-likeness (QED) is 0.782. The summed E-state index contributed by atoms with van der Waals surface area (Å²) in [5, 5.41) is 13.0. The van der Waals surface area contributed by atoms with Crippen molar-refractivity contribution in [3.63, 3.8) is 0 Å². The number of likely N-dealkylation sites (tertiary alicyclic amines) is 1. The number of fused-ring (bicyclic) bond motifs is 1. The van der Waals surface area contributed by atoms with Crippen molar-refractivity contribution in [2.75, 3.05) is 12.3 Å². The van der Waals surface area contributed by atoms with Crippen LogP contribution in [0.15, 0.2) is 5.16 Å². The minimum absolute atomic E-state index is 0.276. The molecule has 2 aliphatic carbocycles. The van der Waals surface area contributed by atoms with Crippen LogP contribution in [0.25, 0.3) is 0 Å². The lowest BCUT2D eigenvalue weighted by atomic mass is 9.78. The van der Waals surface area contributed by atoms with Gasteiger partial charge in [0, 0.05) is 12.6 Å². The average Bonchev–Trinajstić information content (AvgIpc) is 3.30. The van der Waals surface area contributed by atoms with Gasteiger partial charge in [0.15, 0.2) is 0 Å². The molecule has 2 atom stereocenters. The lowest BCUT2D eigenvalue weighted by molar-refractivity contribution is -0.134. The third kappa shape index (κ3) is 3.32. The molecule has 1 aliphatic heterocycles. The van der Waals surface area contributed by atoms with E-state index in [1.165, 1.54) is 56.7 Å². The molecule has 24 heavy (non-hydrogen) atoms. The van der Waals surface area contributed by atoms with E-state index in [0.717, 1.165) is 36.9 Å². The molecule has 0 spiro atoms. The van der Waals surface area contributed by atoms with Crippen molar-refractivity contribution in [1.82, 2.24) is 25.1 Å². The predicted molar refractivity (Wildman–Crippen MR) is 92.7 cm³/mol. The van der Waals surface area contributed by atoms with Crippen molar-refractivity contribution in [3.8, 4) is 0 Å². The fraction of sp³-hybridized carbons (Fsp3) is 0.882. The van der Waals surface area contributed by atoms with Gasteiger partial charge in [-0.25, -0.2) is 4.68 Å². The van der Waals surface area contributed by atoms with Crippen molar-refractivity contribution < 1.29 is 4.79 Å². The first-order valence-corrected chi connectivity index (χ1v) is 10.5. The molecule has 132 valence electrons. The van der Waals surface area contributed by atoms with E-state index in [2.05, 4.69) is 20.4 Å². The fourth-order valence-corrected chi connectivity index (χ4v) is 5.63. The number of carbonyl (C=O) groups is 1. The van der Waals surface area contributed by atoms with Crippen LogP contribution in [0.3, 0.4) is 0 Å². The highest BCUT2D eigenvalue weighted by Gasteiger charge is 2.35.